The van der Waals surface area contributed by atoms with Crippen molar-refractivity contribution in [2.75, 3.05) is 19.8 Å². The largest absolute Gasteiger partial charge is 0.490 e. The van der Waals surface area contributed by atoms with Crippen molar-refractivity contribution in [1.82, 2.24) is 15.1 Å². The molecule has 158 valence electrons. The van der Waals surface area contributed by atoms with E-state index < -0.39 is 17.5 Å². The Morgan fingerprint density at radius 2 is 2.21 bits per heavy atom. The fourth-order valence-electron chi connectivity index (χ4n) is 3.11. The van der Waals surface area contributed by atoms with Crippen LogP contribution in [0, 0.1) is 18.7 Å². The molecule has 0 radical (unpaired) electrons. The summed E-state index contributed by atoms with van der Waals surface area (Å²) in [6, 6.07) is 4.56. The summed E-state index contributed by atoms with van der Waals surface area (Å²) in [4.78, 5) is 12.1. The van der Waals surface area contributed by atoms with E-state index in [2.05, 4.69) is 10.4 Å². The molecule has 2 heterocycles. The van der Waals surface area contributed by atoms with E-state index in [9.17, 15) is 9.18 Å². The highest BCUT2D eigenvalue weighted by Crippen LogP contribution is 2.23. The predicted molar refractivity (Wildman–Crippen MR) is 106 cm³/mol. The van der Waals surface area contributed by atoms with Crippen LogP contribution < -0.4 is 10.1 Å². The summed E-state index contributed by atoms with van der Waals surface area (Å²) >= 11 is 0. The number of carbonyl (C=O) groups excluding carboxylic acids is 1. The molecule has 1 aromatic carbocycles. The molecule has 1 aliphatic heterocycles. The average molecular weight is 405 g/mol. The summed E-state index contributed by atoms with van der Waals surface area (Å²) in [6.45, 7) is 8.55. The second kappa shape index (κ2) is 8.82. The van der Waals surface area contributed by atoms with Gasteiger partial charge in [0.05, 0.1) is 25.1 Å². The molecular weight excluding hydrogens is 377 g/mol. The summed E-state index contributed by atoms with van der Waals surface area (Å²) in [6.07, 6.45) is 3.71. The van der Waals surface area contributed by atoms with E-state index >= 15 is 0 Å². The fourth-order valence-corrected chi connectivity index (χ4v) is 3.11. The highest BCUT2D eigenvalue weighted by atomic mass is 19.1. The maximum Gasteiger partial charge on any atom is 0.407 e. The van der Waals surface area contributed by atoms with Crippen molar-refractivity contribution in [2.24, 2.45) is 5.92 Å². The molecule has 0 aliphatic carbocycles. The normalized spacial score (nSPS) is 19.6. The Kier molecular flexibility index (Phi) is 6.42. The van der Waals surface area contributed by atoms with Crippen molar-refractivity contribution >= 4 is 6.09 Å². The van der Waals surface area contributed by atoms with Gasteiger partial charge in [0.25, 0.3) is 0 Å². The lowest BCUT2D eigenvalue weighted by Gasteiger charge is -2.32. The van der Waals surface area contributed by atoms with E-state index in [1.807, 2.05) is 33.9 Å². The second-order valence-electron chi connectivity index (χ2n) is 8.26. The minimum Gasteiger partial charge on any atom is -0.490 e. The molecule has 0 saturated carbocycles. The van der Waals surface area contributed by atoms with Gasteiger partial charge >= 0.3 is 6.09 Å². The van der Waals surface area contributed by atoms with Crippen molar-refractivity contribution in [3.8, 4) is 11.4 Å². The fraction of sp³-hybridized carbons (Fsp3) is 0.524. The first kappa shape index (κ1) is 21.1. The summed E-state index contributed by atoms with van der Waals surface area (Å²) < 4.78 is 32.7. The average Bonchev–Trinajstić information content (AvgIpc) is 3.06. The molecule has 29 heavy (non-hydrogen) atoms. The minimum absolute atomic E-state index is 0.107. The number of hydrogen-bond donors (Lipinski definition) is 1. The maximum absolute atomic E-state index is 14.5. The van der Waals surface area contributed by atoms with Crippen molar-refractivity contribution < 1.29 is 23.4 Å². The van der Waals surface area contributed by atoms with E-state index in [4.69, 9.17) is 14.2 Å². The van der Waals surface area contributed by atoms with Crippen LogP contribution in [0.2, 0.25) is 0 Å². The quantitative estimate of drug-likeness (QED) is 0.822. The van der Waals surface area contributed by atoms with Gasteiger partial charge in [-0.05, 0) is 51.8 Å². The molecule has 0 bridgehead atoms. The molecule has 7 nitrogen and oxygen atoms in total. The molecule has 1 aliphatic rings. The number of aromatic nitrogens is 2. The topological polar surface area (TPSA) is 74.6 Å². The summed E-state index contributed by atoms with van der Waals surface area (Å²) in [5.41, 5.74) is 1.04. The smallest absolute Gasteiger partial charge is 0.407 e. The van der Waals surface area contributed by atoms with Crippen LogP contribution in [0.5, 0.6) is 5.75 Å². The monoisotopic (exact) mass is 405 g/mol. The van der Waals surface area contributed by atoms with Crippen LogP contribution in [0.3, 0.4) is 0 Å². The van der Waals surface area contributed by atoms with Gasteiger partial charge in [-0.2, -0.15) is 5.10 Å². The van der Waals surface area contributed by atoms with Gasteiger partial charge in [-0.15, -0.1) is 0 Å². The van der Waals surface area contributed by atoms with Crippen LogP contribution in [-0.4, -0.2) is 47.3 Å². The highest BCUT2D eigenvalue weighted by molar-refractivity contribution is 5.68. The van der Waals surface area contributed by atoms with E-state index in [0.29, 0.717) is 25.3 Å². The molecule has 1 amide bonds. The number of benzene rings is 1. The Morgan fingerprint density at radius 1 is 1.41 bits per heavy atom. The summed E-state index contributed by atoms with van der Waals surface area (Å²) in [5, 5.41) is 7.06. The lowest BCUT2D eigenvalue weighted by Crippen LogP contribution is -2.48. The zero-order valence-electron chi connectivity index (χ0n) is 17.3. The minimum atomic E-state index is -0.570. The first-order chi connectivity index (χ1) is 13.7. The third-order valence-corrected chi connectivity index (χ3v) is 4.52. The number of carbonyl (C=O) groups is 1. The molecule has 2 aromatic rings. The first-order valence-electron chi connectivity index (χ1n) is 9.72. The molecule has 1 N–H and O–H groups in total. The number of amides is 1. The number of nitrogens with zero attached hydrogens (tertiary/aromatic N) is 2. The van der Waals surface area contributed by atoms with Crippen LogP contribution in [0.15, 0.2) is 30.6 Å². The van der Waals surface area contributed by atoms with Gasteiger partial charge in [0.2, 0.25) is 0 Å². The standard InChI is InChI=1S/C21H28FN3O4/c1-14-10-23-25(11-14)16-5-6-19(17(22)9-16)28-13-15-12-27-8-7-18(15)24-20(26)29-21(2,3)4/h5-6,9-11,15,18H,7-8,12-13H2,1-4H3,(H,24,26). The molecule has 2 atom stereocenters. The second-order valence-corrected chi connectivity index (χ2v) is 8.26. The van der Waals surface area contributed by atoms with E-state index in [1.165, 1.54) is 6.07 Å². The first-order valence-corrected chi connectivity index (χ1v) is 9.72. The summed E-state index contributed by atoms with van der Waals surface area (Å²) in [7, 11) is 0. The summed E-state index contributed by atoms with van der Waals surface area (Å²) in [5.74, 6) is -0.424. The number of aryl methyl sites for hydroxylation is 1. The highest BCUT2D eigenvalue weighted by Gasteiger charge is 2.29. The van der Waals surface area contributed by atoms with Gasteiger partial charge in [-0.25, -0.2) is 13.9 Å². The molecule has 1 aromatic heterocycles. The number of rotatable bonds is 5. The molecule has 0 spiro atoms. The van der Waals surface area contributed by atoms with Crippen LogP contribution in [-0.2, 0) is 9.47 Å². The van der Waals surface area contributed by atoms with Crippen molar-refractivity contribution in [3.63, 3.8) is 0 Å². The Labute approximate surface area is 170 Å². The Hall–Kier alpha value is -2.61. The van der Waals surface area contributed by atoms with E-state index in [0.717, 1.165) is 5.56 Å². The Bertz CT molecular complexity index is 847. The molecule has 8 heteroatoms. The molecule has 1 saturated heterocycles. The van der Waals surface area contributed by atoms with Crippen LogP contribution in [0.1, 0.15) is 32.8 Å². The molecular formula is C21H28FN3O4. The van der Waals surface area contributed by atoms with Gasteiger partial charge in [0.15, 0.2) is 11.6 Å². The number of hydrogen-bond acceptors (Lipinski definition) is 5. The van der Waals surface area contributed by atoms with Crippen LogP contribution in [0.25, 0.3) is 5.69 Å². The maximum atomic E-state index is 14.5. The number of ether oxygens (including phenoxy) is 3. The number of nitrogens with one attached hydrogen (secondary N) is 1. The Balaban J connectivity index is 1.60. The van der Waals surface area contributed by atoms with Gasteiger partial charge in [-0.1, -0.05) is 0 Å². The van der Waals surface area contributed by atoms with Crippen LogP contribution in [0.4, 0.5) is 9.18 Å². The third-order valence-electron chi connectivity index (χ3n) is 4.52. The van der Waals surface area contributed by atoms with Crippen molar-refractivity contribution in [2.45, 2.75) is 45.8 Å². The molecule has 2 unspecified atom stereocenters. The van der Waals surface area contributed by atoms with Gasteiger partial charge < -0.3 is 19.5 Å². The van der Waals surface area contributed by atoms with Crippen LogP contribution >= 0.6 is 0 Å². The molecule has 1 fully saturated rings. The lowest BCUT2D eigenvalue weighted by molar-refractivity contribution is 0.00394. The zero-order valence-corrected chi connectivity index (χ0v) is 17.3. The number of alkyl carbamates (subject to hydrolysis) is 1. The lowest BCUT2D eigenvalue weighted by atomic mass is 9.97. The van der Waals surface area contributed by atoms with Gasteiger partial charge in [0, 0.05) is 30.8 Å². The van der Waals surface area contributed by atoms with Crippen molar-refractivity contribution in [1.29, 1.82) is 0 Å². The van der Waals surface area contributed by atoms with Gasteiger partial charge in [0.1, 0.15) is 5.60 Å². The molecule has 3 rings (SSSR count). The SMILES string of the molecule is Cc1cnn(-c2ccc(OCC3COCCC3NC(=O)OC(C)(C)C)c(F)c2)c1. The number of halogens is 1. The Morgan fingerprint density at radius 3 is 2.86 bits per heavy atom. The third kappa shape index (κ3) is 5.93. The van der Waals surface area contributed by atoms with E-state index in [-0.39, 0.29) is 24.3 Å². The van der Waals surface area contributed by atoms with Gasteiger partial charge in [-0.3, -0.25) is 0 Å². The van der Waals surface area contributed by atoms with Crippen molar-refractivity contribution in [3.05, 3.63) is 42.0 Å². The van der Waals surface area contributed by atoms with E-state index in [1.54, 1.807) is 23.0 Å². The zero-order chi connectivity index (χ0) is 21.0. The predicted octanol–water partition coefficient (Wildman–Crippen LogP) is 3.63.